The van der Waals surface area contributed by atoms with Gasteiger partial charge in [0, 0.05) is 22.9 Å². The molecule has 0 aliphatic heterocycles. The van der Waals surface area contributed by atoms with Crippen molar-refractivity contribution in [2.45, 2.75) is 59.7 Å². The molecule has 0 aromatic carbocycles. The van der Waals surface area contributed by atoms with Gasteiger partial charge in [0.15, 0.2) is 0 Å². The van der Waals surface area contributed by atoms with Gasteiger partial charge in [-0.05, 0) is 68.6 Å². The van der Waals surface area contributed by atoms with E-state index in [2.05, 4.69) is 20.9 Å². The second-order valence-electron chi connectivity index (χ2n) is 6.11. The van der Waals surface area contributed by atoms with Gasteiger partial charge < -0.3 is 9.64 Å². The lowest BCUT2D eigenvalue weighted by Crippen LogP contribution is -2.40. The highest BCUT2D eigenvalue weighted by Crippen LogP contribution is 2.21. The quantitative estimate of drug-likeness (QED) is 0.822. The van der Waals surface area contributed by atoms with Crippen LogP contribution in [0, 0.1) is 6.92 Å². The van der Waals surface area contributed by atoms with Crippen LogP contribution in [0.15, 0.2) is 16.9 Å². The van der Waals surface area contributed by atoms with Gasteiger partial charge in [0.2, 0.25) is 0 Å². The minimum absolute atomic E-state index is 0.0585. The largest absolute Gasteiger partial charge is 0.444 e. The fraction of sp³-hybridized carbons (Fsp3) is 0.600. The maximum atomic E-state index is 12.3. The second-order valence-corrected chi connectivity index (χ2v) is 6.96. The Labute approximate surface area is 129 Å². The number of carbonyl (C=O) groups is 1. The molecule has 1 aromatic heterocycles. The fourth-order valence-electron chi connectivity index (χ4n) is 1.66. The average molecular weight is 343 g/mol. The third-order valence-corrected chi connectivity index (χ3v) is 3.65. The van der Waals surface area contributed by atoms with Gasteiger partial charge in [0.25, 0.3) is 0 Å². The molecule has 0 aliphatic carbocycles. The molecule has 1 rings (SSSR count). The Balaban J connectivity index is 2.93. The first-order valence-corrected chi connectivity index (χ1v) is 7.49. The predicted molar refractivity (Wildman–Crippen MR) is 83.6 cm³/mol. The number of carbonyl (C=O) groups excluding carboxylic acids is 1. The third kappa shape index (κ3) is 4.78. The fourth-order valence-corrected chi connectivity index (χ4v) is 2.03. The van der Waals surface area contributed by atoms with Crippen LogP contribution in [-0.4, -0.2) is 27.6 Å². The molecule has 0 radical (unpaired) electrons. The van der Waals surface area contributed by atoms with Gasteiger partial charge in [-0.3, -0.25) is 4.98 Å². The molecule has 4 nitrogen and oxygen atoms in total. The standard InChI is InChI=1S/C15H23BrN2O2/c1-10(2)18(14(19)20-15(4,5)6)9-12-7-17-8-13(16)11(12)3/h7-8,10H,9H2,1-6H3. The number of aromatic nitrogens is 1. The van der Waals surface area contributed by atoms with Crippen LogP contribution < -0.4 is 0 Å². The summed E-state index contributed by atoms with van der Waals surface area (Å²) in [4.78, 5) is 18.1. The summed E-state index contributed by atoms with van der Waals surface area (Å²) in [5.41, 5.74) is 1.61. The Hall–Kier alpha value is -1.10. The minimum atomic E-state index is -0.491. The highest BCUT2D eigenvalue weighted by Gasteiger charge is 2.24. The SMILES string of the molecule is Cc1c(Br)cncc1CN(C(=O)OC(C)(C)C)C(C)C. The van der Waals surface area contributed by atoms with Crippen LogP contribution in [0.2, 0.25) is 0 Å². The molecule has 0 bridgehead atoms. The van der Waals surface area contributed by atoms with Gasteiger partial charge in [-0.1, -0.05) is 0 Å². The Kier molecular flexibility index (Phi) is 5.57. The minimum Gasteiger partial charge on any atom is -0.444 e. The topological polar surface area (TPSA) is 42.4 Å². The molecule has 0 N–H and O–H groups in total. The summed E-state index contributed by atoms with van der Waals surface area (Å²) < 4.78 is 6.41. The maximum Gasteiger partial charge on any atom is 0.410 e. The van der Waals surface area contributed by atoms with Crippen LogP contribution in [0.4, 0.5) is 4.79 Å². The Morgan fingerprint density at radius 3 is 2.50 bits per heavy atom. The summed E-state index contributed by atoms with van der Waals surface area (Å²) in [6.45, 7) is 12.1. The van der Waals surface area contributed by atoms with Crippen LogP contribution >= 0.6 is 15.9 Å². The number of hydrogen-bond donors (Lipinski definition) is 0. The van der Waals surface area contributed by atoms with Gasteiger partial charge >= 0.3 is 6.09 Å². The maximum absolute atomic E-state index is 12.3. The van der Waals surface area contributed by atoms with E-state index in [0.29, 0.717) is 6.54 Å². The molecule has 0 fully saturated rings. The van der Waals surface area contributed by atoms with Gasteiger partial charge in [0.05, 0.1) is 6.54 Å². The lowest BCUT2D eigenvalue weighted by atomic mass is 10.1. The molecule has 0 aliphatic rings. The summed E-state index contributed by atoms with van der Waals surface area (Å²) in [6, 6.07) is 0.0585. The summed E-state index contributed by atoms with van der Waals surface area (Å²) in [6.07, 6.45) is 3.25. The van der Waals surface area contributed by atoms with Crippen molar-refractivity contribution < 1.29 is 9.53 Å². The third-order valence-electron chi connectivity index (χ3n) is 2.85. The summed E-state index contributed by atoms with van der Waals surface area (Å²) >= 11 is 3.46. The van der Waals surface area contributed by atoms with E-state index in [1.54, 1.807) is 17.3 Å². The molecule has 0 spiro atoms. The molecule has 1 heterocycles. The molecule has 5 heteroatoms. The lowest BCUT2D eigenvalue weighted by molar-refractivity contribution is 0.0171. The van der Waals surface area contributed by atoms with Crippen molar-refractivity contribution in [1.82, 2.24) is 9.88 Å². The lowest BCUT2D eigenvalue weighted by Gasteiger charge is -2.30. The first-order chi connectivity index (χ1) is 9.11. The van der Waals surface area contributed by atoms with E-state index < -0.39 is 5.60 Å². The zero-order chi connectivity index (χ0) is 15.5. The monoisotopic (exact) mass is 342 g/mol. The molecule has 0 atom stereocenters. The van der Waals surface area contributed by atoms with Gasteiger partial charge in [0.1, 0.15) is 5.60 Å². The van der Waals surface area contributed by atoms with Crippen molar-refractivity contribution in [3.8, 4) is 0 Å². The van der Waals surface area contributed by atoms with Crippen molar-refractivity contribution in [2.24, 2.45) is 0 Å². The smallest absolute Gasteiger partial charge is 0.410 e. The van der Waals surface area contributed by atoms with Crippen LogP contribution in [0.3, 0.4) is 0 Å². The Morgan fingerprint density at radius 2 is 2.00 bits per heavy atom. The first-order valence-electron chi connectivity index (χ1n) is 6.70. The van der Waals surface area contributed by atoms with Crippen molar-refractivity contribution in [3.05, 3.63) is 28.0 Å². The summed E-state index contributed by atoms with van der Waals surface area (Å²) in [7, 11) is 0. The highest BCUT2D eigenvalue weighted by atomic mass is 79.9. The van der Waals surface area contributed by atoms with Crippen LogP contribution in [0.25, 0.3) is 0 Å². The van der Waals surface area contributed by atoms with E-state index in [4.69, 9.17) is 4.74 Å². The molecular formula is C15H23BrN2O2. The zero-order valence-electron chi connectivity index (χ0n) is 13.0. The Morgan fingerprint density at radius 1 is 1.40 bits per heavy atom. The number of halogens is 1. The molecule has 1 amide bonds. The molecule has 0 unspecified atom stereocenters. The summed E-state index contributed by atoms with van der Waals surface area (Å²) in [5.74, 6) is 0. The van der Waals surface area contributed by atoms with Crippen molar-refractivity contribution in [3.63, 3.8) is 0 Å². The highest BCUT2D eigenvalue weighted by molar-refractivity contribution is 9.10. The molecule has 112 valence electrons. The number of nitrogens with zero attached hydrogens (tertiary/aromatic N) is 2. The molecule has 1 aromatic rings. The normalized spacial score (nSPS) is 11.6. The first kappa shape index (κ1) is 17.0. The molecule has 0 saturated carbocycles. The second kappa shape index (κ2) is 6.57. The number of rotatable bonds is 3. The number of pyridine rings is 1. The van der Waals surface area contributed by atoms with Crippen LogP contribution in [-0.2, 0) is 11.3 Å². The van der Waals surface area contributed by atoms with E-state index in [1.807, 2.05) is 41.5 Å². The number of hydrogen-bond acceptors (Lipinski definition) is 3. The van der Waals surface area contributed by atoms with E-state index in [0.717, 1.165) is 15.6 Å². The predicted octanol–water partition coefficient (Wildman–Crippen LogP) is 4.30. The molecule has 0 saturated heterocycles. The molecular weight excluding hydrogens is 320 g/mol. The van der Waals surface area contributed by atoms with Crippen molar-refractivity contribution >= 4 is 22.0 Å². The summed E-state index contributed by atoms with van der Waals surface area (Å²) in [5, 5.41) is 0. The van der Waals surface area contributed by atoms with Gasteiger partial charge in [-0.25, -0.2) is 4.79 Å². The van der Waals surface area contributed by atoms with Crippen LogP contribution in [0.1, 0.15) is 45.7 Å². The van der Waals surface area contributed by atoms with E-state index in [1.165, 1.54) is 0 Å². The average Bonchev–Trinajstić information content (AvgIpc) is 2.28. The zero-order valence-corrected chi connectivity index (χ0v) is 14.6. The van der Waals surface area contributed by atoms with Crippen LogP contribution in [0.5, 0.6) is 0 Å². The Bertz CT molecular complexity index is 481. The number of amides is 1. The van der Waals surface area contributed by atoms with Gasteiger partial charge in [-0.15, -0.1) is 0 Å². The van der Waals surface area contributed by atoms with E-state index >= 15 is 0 Å². The number of ether oxygens (including phenoxy) is 1. The van der Waals surface area contributed by atoms with Gasteiger partial charge in [-0.2, -0.15) is 0 Å². The van der Waals surface area contributed by atoms with Crippen molar-refractivity contribution in [1.29, 1.82) is 0 Å². The van der Waals surface area contributed by atoms with Crippen molar-refractivity contribution in [2.75, 3.05) is 0 Å². The van der Waals surface area contributed by atoms with E-state index in [-0.39, 0.29) is 12.1 Å². The molecule has 20 heavy (non-hydrogen) atoms. The van der Waals surface area contributed by atoms with E-state index in [9.17, 15) is 4.79 Å².